The molecule has 3 aromatic rings. The molecule has 3 fully saturated rings. The van der Waals surface area contributed by atoms with E-state index in [4.69, 9.17) is 0 Å². The molecule has 2 N–H and O–H groups in total. The lowest BCUT2D eigenvalue weighted by molar-refractivity contribution is -0.0411. The van der Waals surface area contributed by atoms with Crippen LogP contribution in [-0.4, -0.2) is 61.2 Å². The van der Waals surface area contributed by atoms with Gasteiger partial charge in [-0.1, -0.05) is 13.0 Å². The van der Waals surface area contributed by atoms with Gasteiger partial charge >= 0.3 is 5.69 Å². The standard InChI is InChI=1S/C24H28FN7O2/c1-23-9-10-24(2,27-12-23)19(25)20(23)32(4)18-8-7-16(29-30-18)15-6-5-14(11-17(15)33)21-26-13-31(3)22(34)28-21/h5-8,11,13,19-20,27,33H,9-10,12H2,1-4H3/t19-,20+,23-,24-/m1/s1. The van der Waals surface area contributed by atoms with E-state index in [1.165, 1.54) is 17.0 Å². The van der Waals surface area contributed by atoms with Crippen molar-refractivity contribution in [1.29, 1.82) is 0 Å². The Kier molecular flexibility index (Phi) is 5.16. The number of phenolic OH excluding ortho intramolecular Hbond substituents is 1. The number of aromatic nitrogens is 5. The molecule has 4 atom stereocenters. The van der Waals surface area contributed by atoms with Crippen molar-refractivity contribution in [2.45, 2.75) is 44.4 Å². The number of piperidine rings is 2. The first kappa shape index (κ1) is 22.4. The van der Waals surface area contributed by atoms with Gasteiger partial charge in [0.25, 0.3) is 0 Å². The first-order valence-corrected chi connectivity index (χ1v) is 11.3. The summed E-state index contributed by atoms with van der Waals surface area (Å²) in [6.45, 7) is 4.85. The summed E-state index contributed by atoms with van der Waals surface area (Å²) in [6, 6.07) is 8.15. The molecule has 6 rings (SSSR count). The van der Waals surface area contributed by atoms with Crippen LogP contribution in [0, 0.1) is 5.41 Å². The highest BCUT2D eigenvalue weighted by Gasteiger charge is 2.58. The highest BCUT2D eigenvalue weighted by atomic mass is 19.1. The van der Waals surface area contributed by atoms with Gasteiger partial charge in [0, 0.05) is 42.7 Å². The fourth-order valence-corrected chi connectivity index (χ4v) is 5.19. The Bertz CT molecular complexity index is 1290. The average Bonchev–Trinajstić information content (AvgIpc) is 2.82. The molecular formula is C24H28FN7O2. The van der Waals surface area contributed by atoms with Gasteiger partial charge < -0.3 is 15.3 Å². The van der Waals surface area contributed by atoms with Crippen molar-refractivity contribution >= 4 is 5.82 Å². The third-order valence-corrected chi connectivity index (χ3v) is 7.53. The van der Waals surface area contributed by atoms with E-state index in [0.29, 0.717) is 22.6 Å². The molecule has 2 saturated heterocycles. The summed E-state index contributed by atoms with van der Waals surface area (Å²) in [5.74, 6) is 0.780. The third-order valence-electron chi connectivity index (χ3n) is 7.53. The molecule has 2 bridgehead atoms. The molecule has 3 aliphatic rings. The number of aromatic hydroxyl groups is 1. The van der Waals surface area contributed by atoms with E-state index in [1.54, 1.807) is 31.3 Å². The number of rotatable bonds is 4. The van der Waals surface area contributed by atoms with E-state index in [2.05, 4.69) is 32.4 Å². The quantitative estimate of drug-likeness (QED) is 0.604. The number of alkyl halides is 1. The van der Waals surface area contributed by atoms with Crippen LogP contribution >= 0.6 is 0 Å². The van der Waals surface area contributed by atoms with Crippen LogP contribution in [0.5, 0.6) is 5.75 Å². The fourth-order valence-electron chi connectivity index (χ4n) is 5.19. The Morgan fingerprint density at radius 2 is 2.00 bits per heavy atom. The molecule has 178 valence electrons. The topological polar surface area (TPSA) is 109 Å². The van der Waals surface area contributed by atoms with E-state index in [1.807, 2.05) is 18.9 Å². The smallest absolute Gasteiger partial charge is 0.350 e. The predicted molar refractivity (Wildman–Crippen MR) is 126 cm³/mol. The molecule has 2 aliphatic heterocycles. The Hall–Kier alpha value is -3.40. The molecule has 4 heterocycles. The Labute approximate surface area is 196 Å². The second-order valence-corrected chi connectivity index (χ2v) is 9.96. The first-order valence-electron chi connectivity index (χ1n) is 11.3. The zero-order chi connectivity index (χ0) is 24.3. The summed E-state index contributed by atoms with van der Waals surface area (Å²) in [4.78, 5) is 21.7. The SMILES string of the molecule is CN(c1ccc(-c2ccc(-c3ncn(C)c(=O)n3)cc2O)nn1)[C@H]1[C@@H](F)[C@@]2(C)CC[C@]1(C)CN2. The summed E-state index contributed by atoms with van der Waals surface area (Å²) in [5, 5.41) is 22.7. The zero-order valence-electron chi connectivity index (χ0n) is 19.7. The molecule has 1 aromatic carbocycles. The lowest BCUT2D eigenvalue weighted by Gasteiger charge is -2.60. The number of aryl methyl sites for hydroxylation is 1. The van der Waals surface area contributed by atoms with Crippen LogP contribution in [0.25, 0.3) is 22.6 Å². The number of hydrogen-bond donors (Lipinski definition) is 2. The van der Waals surface area contributed by atoms with Gasteiger partial charge in [0.05, 0.1) is 11.7 Å². The average molecular weight is 466 g/mol. The van der Waals surface area contributed by atoms with Gasteiger partial charge in [0.2, 0.25) is 0 Å². The van der Waals surface area contributed by atoms with Crippen LogP contribution < -0.4 is 15.9 Å². The van der Waals surface area contributed by atoms with Crippen molar-refractivity contribution in [1.82, 2.24) is 30.0 Å². The molecule has 34 heavy (non-hydrogen) atoms. The normalized spacial score (nSPS) is 28.1. The van der Waals surface area contributed by atoms with Gasteiger partial charge in [-0.3, -0.25) is 4.57 Å². The summed E-state index contributed by atoms with van der Waals surface area (Å²) >= 11 is 0. The minimum Gasteiger partial charge on any atom is -0.507 e. The van der Waals surface area contributed by atoms with Crippen LogP contribution in [0.2, 0.25) is 0 Å². The third kappa shape index (κ3) is 3.53. The maximum absolute atomic E-state index is 15.5. The number of nitrogens with one attached hydrogen (secondary N) is 1. The molecule has 9 nitrogen and oxygen atoms in total. The van der Waals surface area contributed by atoms with E-state index in [9.17, 15) is 9.90 Å². The highest BCUT2D eigenvalue weighted by molar-refractivity contribution is 5.72. The van der Waals surface area contributed by atoms with Crippen LogP contribution in [0.4, 0.5) is 10.2 Å². The lowest BCUT2D eigenvalue weighted by Crippen LogP contribution is -2.74. The molecule has 1 saturated carbocycles. The van der Waals surface area contributed by atoms with Gasteiger partial charge in [-0.05, 0) is 44.0 Å². The molecule has 0 spiro atoms. The number of phenols is 1. The van der Waals surface area contributed by atoms with Gasteiger partial charge in [0.1, 0.15) is 18.2 Å². The number of hydrogen-bond acceptors (Lipinski definition) is 8. The van der Waals surface area contributed by atoms with Crippen molar-refractivity contribution in [3.8, 4) is 28.4 Å². The summed E-state index contributed by atoms with van der Waals surface area (Å²) < 4.78 is 16.8. The monoisotopic (exact) mass is 465 g/mol. The van der Waals surface area contributed by atoms with Crippen molar-refractivity contribution in [2.24, 2.45) is 12.5 Å². The Morgan fingerprint density at radius 3 is 2.62 bits per heavy atom. The van der Waals surface area contributed by atoms with Gasteiger partial charge in [0.15, 0.2) is 11.6 Å². The van der Waals surface area contributed by atoms with Crippen molar-refractivity contribution < 1.29 is 9.50 Å². The number of benzene rings is 1. The molecule has 0 amide bonds. The highest BCUT2D eigenvalue weighted by Crippen LogP contribution is 2.49. The Balaban J connectivity index is 1.40. The first-order chi connectivity index (χ1) is 16.1. The molecule has 0 unspecified atom stereocenters. The number of anilines is 1. The van der Waals surface area contributed by atoms with E-state index < -0.39 is 17.4 Å². The van der Waals surface area contributed by atoms with Crippen LogP contribution in [-0.2, 0) is 7.05 Å². The number of nitrogens with zero attached hydrogens (tertiary/aromatic N) is 6. The summed E-state index contributed by atoms with van der Waals surface area (Å²) in [6.07, 6.45) is 2.12. The molecule has 1 aliphatic carbocycles. The second-order valence-electron chi connectivity index (χ2n) is 9.96. The van der Waals surface area contributed by atoms with Gasteiger partial charge in [-0.2, -0.15) is 4.98 Å². The second kappa shape index (κ2) is 7.83. The van der Waals surface area contributed by atoms with Crippen LogP contribution in [0.1, 0.15) is 26.7 Å². The largest absolute Gasteiger partial charge is 0.507 e. The van der Waals surface area contributed by atoms with E-state index in [-0.39, 0.29) is 23.0 Å². The summed E-state index contributed by atoms with van der Waals surface area (Å²) in [7, 11) is 3.43. The van der Waals surface area contributed by atoms with Crippen molar-refractivity contribution in [3.63, 3.8) is 0 Å². The van der Waals surface area contributed by atoms with Gasteiger partial charge in [-0.15, -0.1) is 10.2 Å². The maximum Gasteiger partial charge on any atom is 0.350 e. The van der Waals surface area contributed by atoms with Crippen molar-refractivity contribution in [2.75, 3.05) is 18.5 Å². The molecular weight excluding hydrogens is 437 g/mol. The molecule has 0 radical (unpaired) electrons. The number of halogens is 1. The number of fused-ring (bicyclic) bond motifs is 3. The van der Waals surface area contributed by atoms with E-state index in [0.717, 1.165) is 19.4 Å². The summed E-state index contributed by atoms with van der Waals surface area (Å²) in [5.41, 5.74) is 0.330. The van der Waals surface area contributed by atoms with Crippen LogP contribution in [0.15, 0.2) is 41.5 Å². The Morgan fingerprint density at radius 1 is 1.21 bits per heavy atom. The predicted octanol–water partition coefficient (Wildman–Crippen LogP) is 2.31. The molecule has 2 aromatic heterocycles. The van der Waals surface area contributed by atoms with Crippen molar-refractivity contribution in [3.05, 3.63) is 47.1 Å². The van der Waals surface area contributed by atoms with Gasteiger partial charge in [-0.25, -0.2) is 14.2 Å². The molecule has 10 heteroatoms. The lowest BCUT2D eigenvalue weighted by atomic mass is 9.60. The maximum atomic E-state index is 15.5. The zero-order valence-corrected chi connectivity index (χ0v) is 19.7. The van der Waals surface area contributed by atoms with Crippen LogP contribution in [0.3, 0.4) is 0 Å². The fraction of sp³-hybridized carbons (Fsp3) is 0.458. The minimum atomic E-state index is -1.03. The minimum absolute atomic E-state index is 0.0305. The van der Waals surface area contributed by atoms with E-state index >= 15 is 4.39 Å².